The van der Waals surface area contributed by atoms with E-state index >= 15 is 0 Å². The number of hydrogen-bond donors (Lipinski definition) is 2. The molecular weight excluding hydrogens is 204 g/mol. The van der Waals surface area contributed by atoms with Crippen LogP contribution in [0.1, 0.15) is 17.3 Å². The first-order valence-electron chi connectivity index (χ1n) is 5.21. The average Bonchev–Trinajstić information content (AvgIpc) is 2.75. The van der Waals surface area contributed by atoms with Crippen LogP contribution in [0.2, 0.25) is 0 Å². The smallest absolute Gasteiger partial charge is 0.239 e. The Kier molecular flexibility index (Phi) is 2.02. The number of fused-ring (bicyclic) bond motifs is 1. The number of anilines is 1. The molecular formula is C11H12N4O. The summed E-state index contributed by atoms with van der Waals surface area (Å²) in [5.41, 5.74) is 6.69. The maximum Gasteiger partial charge on any atom is 0.239 e. The Morgan fingerprint density at radius 3 is 3.06 bits per heavy atom. The van der Waals surface area contributed by atoms with E-state index < -0.39 is 0 Å². The molecule has 0 radical (unpaired) electrons. The molecule has 0 spiro atoms. The van der Waals surface area contributed by atoms with Gasteiger partial charge in [-0.05, 0) is 18.1 Å². The molecule has 5 heteroatoms. The maximum absolute atomic E-state index is 5.67. The lowest BCUT2D eigenvalue weighted by atomic mass is 9.96. The second-order valence-corrected chi connectivity index (χ2v) is 3.90. The van der Waals surface area contributed by atoms with Gasteiger partial charge in [0.25, 0.3) is 0 Å². The third-order valence-electron chi connectivity index (χ3n) is 2.79. The summed E-state index contributed by atoms with van der Waals surface area (Å²) in [6, 6.07) is 8.05. The topological polar surface area (TPSA) is 76.8 Å². The van der Waals surface area contributed by atoms with Crippen LogP contribution in [-0.2, 0) is 6.42 Å². The first-order chi connectivity index (χ1) is 7.83. The number of hydrogen-bond acceptors (Lipinski definition) is 4. The predicted octanol–water partition coefficient (Wildman–Crippen LogP) is 1.11. The number of para-hydroxylation sites is 1. The number of rotatable bonds is 1. The van der Waals surface area contributed by atoms with E-state index in [0.29, 0.717) is 6.61 Å². The number of nitrogens with one attached hydrogen (secondary N) is 1. The summed E-state index contributed by atoms with van der Waals surface area (Å²) in [5.74, 6) is 2.26. The summed E-state index contributed by atoms with van der Waals surface area (Å²) in [5, 5.41) is 6.67. The van der Waals surface area contributed by atoms with E-state index in [0.717, 1.165) is 18.0 Å². The normalized spacial score (nSPS) is 18.9. The van der Waals surface area contributed by atoms with E-state index in [2.05, 4.69) is 21.2 Å². The Hall–Kier alpha value is -2.04. The molecule has 1 aliphatic heterocycles. The number of ether oxygens (including phenoxy) is 1. The van der Waals surface area contributed by atoms with Gasteiger partial charge in [0.15, 0.2) is 0 Å². The second-order valence-electron chi connectivity index (χ2n) is 3.90. The molecule has 1 aromatic carbocycles. The van der Waals surface area contributed by atoms with Gasteiger partial charge in [0, 0.05) is 0 Å². The number of nitrogens with zero attached hydrogens (tertiary/aromatic N) is 2. The van der Waals surface area contributed by atoms with Crippen molar-refractivity contribution in [3.63, 3.8) is 0 Å². The highest BCUT2D eigenvalue weighted by atomic mass is 16.5. The lowest BCUT2D eigenvalue weighted by Crippen LogP contribution is -2.20. The number of nitrogens with two attached hydrogens (primary N) is 1. The van der Waals surface area contributed by atoms with Gasteiger partial charge >= 0.3 is 0 Å². The van der Waals surface area contributed by atoms with E-state index in [4.69, 9.17) is 10.5 Å². The van der Waals surface area contributed by atoms with Gasteiger partial charge in [-0.25, -0.2) is 0 Å². The molecule has 1 aliphatic rings. The molecule has 3 N–H and O–H groups in total. The van der Waals surface area contributed by atoms with Crippen LogP contribution in [0.3, 0.4) is 0 Å². The molecule has 1 atom stereocenters. The third-order valence-corrected chi connectivity index (χ3v) is 2.79. The molecule has 0 fully saturated rings. The van der Waals surface area contributed by atoms with Crippen LogP contribution in [0.4, 0.5) is 5.95 Å². The second kappa shape index (κ2) is 3.52. The number of benzene rings is 1. The van der Waals surface area contributed by atoms with Crippen molar-refractivity contribution < 1.29 is 4.74 Å². The number of H-pyrrole nitrogens is 1. The molecule has 82 valence electrons. The monoisotopic (exact) mass is 216 g/mol. The van der Waals surface area contributed by atoms with Crippen molar-refractivity contribution >= 4 is 5.95 Å². The highest BCUT2D eigenvalue weighted by Crippen LogP contribution is 2.30. The van der Waals surface area contributed by atoms with Crippen LogP contribution in [0.15, 0.2) is 24.3 Å². The Labute approximate surface area is 92.6 Å². The lowest BCUT2D eigenvalue weighted by molar-refractivity contribution is 0.258. The first kappa shape index (κ1) is 9.21. The lowest BCUT2D eigenvalue weighted by Gasteiger charge is -2.23. The minimum absolute atomic E-state index is 0.208. The highest BCUT2D eigenvalue weighted by molar-refractivity contribution is 5.36. The minimum Gasteiger partial charge on any atom is -0.493 e. The molecule has 16 heavy (non-hydrogen) atoms. The largest absolute Gasteiger partial charge is 0.493 e. The fourth-order valence-corrected chi connectivity index (χ4v) is 1.97. The van der Waals surface area contributed by atoms with Gasteiger partial charge < -0.3 is 10.5 Å². The molecule has 0 bridgehead atoms. The van der Waals surface area contributed by atoms with E-state index in [-0.39, 0.29) is 11.9 Å². The number of aromatic nitrogens is 3. The van der Waals surface area contributed by atoms with Crippen molar-refractivity contribution in [2.45, 2.75) is 12.3 Å². The molecule has 2 aromatic rings. The molecule has 0 saturated carbocycles. The van der Waals surface area contributed by atoms with Crippen molar-refractivity contribution in [3.8, 4) is 5.75 Å². The van der Waals surface area contributed by atoms with E-state index in [1.165, 1.54) is 5.56 Å². The van der Waals surface area contributed by atoms with Gasteiger partial charge in [-0.15, -0.1) is 5.10 Å². The van der Waals surface area contributed by atoms with Crippen molar-refractivity contribution in [1.29, 1.82) is 0 Å². The van der Waals surface area contributed by atoms with Crippen molar-refractivity contribution in [2.24, 2.45) is 0 Å². The SMILES string of the molecule is Nc1n[nH]c(C2COc3ccccc3C2)n1. The Bertz CT molecular complexity index is 508. The van der Waals surface area contributed by atoms with Crippen molar-refractivity contribution in [3.05, 3.63) is 35.7 Å². The van der Waals surface area contributed by atoms with E-state index in [1.807, 2.05) is 18.2 Å². The molecule has 0 amide bonds. The maximum atomic E-state index is 5.67. The van der Waals surface area contributed by atoms with Gasteiger partial charge in [-0.3, -0.25) is 5.10 Å². The van der Waals surface area contributed by atoms with Gasteiger partial charge in [-0.1, -0.05) is 18.2 Å². The van der Waals surface area contributed by atoms with Crippen LogP contribution in [0.5, 0.6) is 5.75 Å². The Balaban J connectivity index is 1.88. The molecule has 5 nitrogen and oxygen atoms in total. The van der Waals surface area contributed by atoms with Crippen LogP contribution in [0.25, 0.3) is 0 Å². The highest BCUT2D eigenvalue weighted by Gasteiger charge is 2.23. The Morgan fingerprint density at radius 1 is 1.38 bits per heavy atom. The van der Waals surface area contributed by atoms with Gasteiger partial charge in [0.2, 0.25) is 5.95 Å². The van der Waals surface area contributed by atoms with E-state index in [1.54, 1.807) is 0 Å². The fourth-order valence-electron chi connectivity index (χ4n) is 1.97. The average molecular weight is 216 g/mol. The summed E-state index contributed by atoms with van der Waals surface area (Å²) < 4.78 is 5.67. The zero-order chi connectivity index (χ0) is 11.0. The van der Waals surface area contributed by atoms with Crippen LogP contribution in [0, 0.1) is 0 Å². The Morgan fingerprint density at radius 2 is 2.25 bits per heavy atom. The van der Waals surface area contributed by atoms with Gasteiger partial charge in [-0.2, -0.15) is 4.98 Å². The first-order valence-corrected chi connectivity index (χ1v) is 5.21. The summed E-state index contributed by atoms with van der Waals surface area (Å²) in [7, 11) is 0. The minimum atomic E-state index is 0.208. The summed E-state index contributed by atoms with van der Waals surface area (Å²) >= 11 is 0. The summed E-state index contributed by atoms with van der Waals surface area (Å²) in [6.45, 7) is 0.617. The molecule has 3 rings (SSSR count). The van der Waals surface area contributed by atoms with Crippen LogP contribution >= 0.6 is 0 Å². The fraction of sp³-hybridized carbons (Fsp3) is 0.273. The summed E-state index contributed by atoms with van der Waals surface area (Å²) in [4.78, 5) is 4.14. The van der Waals surface area contributed by atoms with E-state index in [9.17, 15) is 0 Å². The zero-order valence-corrected chi connectivity index (χ0v) is 8.68. The molecule has 0 aliphatic carbocycles. The number of aromatic amines is 1. The van der Waals surface area contributed by atoms with Crippen molar-refractivity contribution in [1.82, 2.24) is 15.2 Å². The predicted molar refractivity (Wildman–Crippen MR) is 59.2 cm³/mol. The quantitative estimate of drug-likeness (QED) is 0.748. The molecule has 1 aromatic heterocycles. The van der Waals surface area contributed by atoms with Crippen LogP contribution < -0.4 is 10.5 Å². The molecule has 0 saturated heterocycles. The van der Waals surface area contributed by atoms with Crippen molar-refractivity contribution in [2.75, 3.05) is 12.3 Å². The van der Waals surface area contributed by atoms with Gasteiger partial charge in [0.1, 0.15) is 11.6 Å². The third kappa shape index (κ3) is 1.50. The standard InChI is InChI=1S/C11H12N4O/c12-11-13-10(14-15-11)8-5-7-3-1-2-4-9(7)16-6-8/h1-4,8H,5-6H2,(H3,12,13,14,15). The zero-order valence-electron chi connectivity index (χ0n) is 8.68. The van der Waals surface area contributed by atoms with Crippen LogP contribution in [-0.4, -0.2) is 21.8 Å². The molecule has 1 unspecified atom stereocenters. The molecule has 2 heterocycles. The summed E-state index contributed by atoms with van der Waals surface area (Å²) in [6.07, 6.45) is 0.908. The van der Waals surface area contributed by atoms with Gasteiger partial charge in [0.05, 0.1) is 12.5 Å². The number of nitrogen functional groups attached to an aromatic ring is 1.